The van der Waals surface area contributed by atoms with Crippen LogP contribution in [0.5, 0.6) is 5.75 Å². The molecule has 1 aromatic heterocycles. The molecule has 8 heteroatoms. The SMILES string of the molecule is C[C@@H](Oc1ccc(Cl)cc1Cl)C(=O)Nc1sccc1C(N)=O. The predicted octanol–water partition coefficient (Wildman–Crippen LogP) is 3.56. The van der Waals surface area contributed by atoms with Crippen molar-refractivity contribution in [3.63, 3.8) is 0 Å². The lowest BCUT2D eigenvalue weighted by atomic mass is 10.3. The summed E-state index contributed by atoms with van der Waals surface area (Å²) in [6.45, 7) is 1.57. The molecule has 2 amide bonds. The lowest BCUT2D eigenvalue weighted by molar-refractivity contribution is -0.122. The van der Waals surface area contributed by atoms with Gasteiger partial charge in [-0.25, -0.2) is 0 Å². The summed E-state index contributed by atoms with van der Waals surface area (Å²) in [7, 11) is 0. The van der Waals surface area contributed by atoms with E-state index in [2.05, 4.69) is 5.32 Å². The van der Waals surface area contributed by atoms with Crippen molar-refractivity contribution in [1.29, 1.82) is 0 Å². The minimum atomic E-state index is -0.818. The van der Waals surface area contributed by atoms with E-state index in [1.165, 1.54) is 17.4 Å². The van der Waals surface area contributed by atoms with E-state index in [4.69, 9.17) is 33.7 Å². The van der Waals surface area contributed by atoms with Gasteiger partial charge in [-0.15, -0.1) is 11.3 Å². The van der Waals surface area contributed by atoms with Crippen LogP contribution in [0.4, 0.5) is 5.00 Å². The molecule has 0 radical (unpaired) electrons. The van der Waals surface area contributed by atoms with Gasteiger partial charge in [0.15, 0.2) is 6.10 Å². The van der Waals surface area contributed by atoms with Crippen molar-refractivity contribution >= 4 is 51.4 Å². The molecule has 1 heterocycles. The molecule has 22 heavy (non-hydrogen) atoms. The van der Waals surface area contributed by atoms with Crippen molar-refractivity contribution < 1.29 is 14.3 Å². The summed E-state index contributed by atoms with van der Waals surface area (Å²) in [6.07, 6.45) is -0.818. The molecule has 0 unspecified atom stereocenters. The van der Waals surface area contributed by atoms with Gasteiger partial charge in [-0.2, -0.15) is 0 Å². The number of nitrogens with one attached hydrogen (secondary N) is 1. The Morgan fingerprint density at radius 3 is 2.68 bits per heavy atom. The summed E-state index contributed by atoms with van der Waals surface area (Å²) < 4.78 is 5.50. The predicted molar refractivity (Wildman–Crippen MR) is 88.0 cm³/mol. The van der Waals surface area contributed by atoms with E-state index >= 15 is 0 Å². The second kappa shape index (κ2) is 7.00. The Morgan fingerprint density at radius 1 is 1.32 bits per heavy atom. The lowest BCUT2D eigenvalue weighted by Crippen LogP contribution is -2.30. The first-order valence-corrected chi connectivity index (χ1v) is 7.82. The molecule has 1 atom stereocenters. The number of ether oxygens (including phenoxy) is 1. The maximum Gasteiger partial charge on any atom is 0.265 e. The average Bonchev–Trinajstić information content (AvgIpc) is 2.90. The number of amides is 2. The van der Waals surface area contributed by atoms with Crippen LogP contribution in [0.2, 0.25) is 10.0 Å². The number of halogens is 2. The number of thiophene rings is 1. The minimum absolute atomic E-state index is 0.259. The number of primary amides is 1. The fourth-order valence-electron chi connectivity index (χ4n) is 1.63. The quantitative estimate of drug-likeness (QED) is 0.857. The number of benzene rings is 1. The van der Waals surface area contributed by atoms with E-state index < -0.39 is 17.9 Å². The highest BCUT2D eigenvalue weighted by Gasteiger charge is 2.19. The standard InChI is InChI=1S/C14H12Cl2N2O3S/c1-7(21-11-3-2-8(15)6-10(11)16)13(20)18-14-9(12(17)19)4-5-22-14/h2-7H,1H3,(H2,17,19)(H,18,20)/t7-/m1/s1. The molecule has 0 spiro atoms. The van der Waals surface area contributed by atoms with Crippen LogP contribution in [-0.4, -0.2) is 17.9 Å². The molecular weight excluding hydrogens is 347 g/mol. The molecule has 0 aliphatic rings. The summed E-state index contributed by atoms with van der Waals surface area (Å²) in [6, 6.07) is 6.25. The van der Waals surface area contributed by atoms with Crippen LogP contribution in [0, 0.1) is 0 Å². The van der Waals surface area contributed by atoms with Gasteiger partial charge in [-0.05, 0) is 36.6 Å². The molecule has 0 bridgehead atoms. The van der Waals surface area contributed by atoms with Crippen molar-refractivity contribution in [3.05, 3.63) is 45.3 Å². The maximum atomic E-state index is 12.1. The normalized spacial score (nSPS) is 11.8. The molecule has 0 saturated heterocycles. The molecule has 0 aliphatic carbocycles. The monoisotopic (exact) mass is 358 g/mol. The Kier molecular flexibility index (Phi) is 5.28. The Bertz CT molecular complexity index is 718. The summed E-state index contributed by atoms with van der Waals surface area (Å²) in [5, 5.41) is 5.43. The van der Waals surface area contributed by atoms with Gasteiger partial charge < -0.3 is 15.8 Å². The molecule has 0 aliphatic heterocycles. The van der Waals surface area contributed by atoms with Gasteiger partial charge in [0.05, 0.1) is 10.6 Å². The molecule has 1 aromatic carbocycles. The van der Waals surface area contributed by atoms with Gasteiger partial charge in [0.25, 0.3) is 11.8 Å². The summed E-state index contributed by atoms with van der Waals surface area (Å²) in [4.78, 5) is 23.3. The number of rotatable bonds is 5. The van der Waals surface area contributed by atoms with Crippen molar-refractivity contribution in [2.24, 2.45) is 5.73 Å². The summed E-state index contributed by atoms with van der Waals surface area (Å²) >= 11 is 13.0. The summed E-state index contributed by atoms with van der Waals surface area (Å²) in [5.74, 6) is -0.683. The fraction of sp³-hybridized carbons (Fsp3) is 0.143. The number of hydrogen-bond acceptors (Lipinski definition) is 4. The van der Waals surface area contributed by atoms with Crippen molar-refractivity contribution in [1.82, 2.24) is 0 Å². The number of hydrogen-bond donors (Lipinski definition) is 2. The third-order valence-electron chi connectivity index (χ3n) is 2.73. The second-order valence-corrected chi connectivity index (χ2v) is 6.11. The molecule has 3 N–H and O–H groups in total. The van der Waals surface area contributed by atoms with Gasteiger partial charge in [0.2, 0.25) is 0 Å². The first-order chi connectivity index (χ1) is 10.4. The van der Waals surface area contributed by atoms with Crippen LogP contribution in [0.25, 0.3) is 0 Å². The van der Waals surface area contributed by atoms with Crippen LogP contribution >= 0.6 is 34.5 Å². The third-order valence-corrected chi connectivity index (χ3v) is 4.09. The van der Waals surface area contributed by atoms with E-state index in [0.29, 0.717) is 20.8 Å². The van der Waals surface area contributed by atoms with E-state index in [1.807, 2.05) is 0 Å². The highest BCUT2D eigenvalue weighted by Crippen LogP contribution is 2.29. The second-order valence-electron chi connectivity index (χ2n) is 4.35. The number of carbonyl (C=O) groups excluding carboxylic acids is 2. The highest BCUT2D eigenvalue weighted by atomic mass is 35.5. The van der Waals surface area contributed by atoms with Gasteiger partial charge in [-0.3, -0.25) is 9.59 Å². The van der Waals surface area contributed by atoms with Gasteiger partial charge in [-0.1, -0.05) is 23.2 Å². The molecule has 5 nitrogen and oxygen atoms in total. The number of anilines is 1. The van der Waals surface area contributed by atoms with Crippen LogP contribution in [0.3, 0.4) is 0 Å². The molecule has 2 rings (SSSR count). The zero-order valence-electron chi connectivity index (χ0n) is 11.4. The lowest BCUT2D eigenvalue weighted by Gasteiger charge is -2.15. The molecule has 0 fully saturated rings. The Labute approximate surface area is 141 Å². The third kappa shape index (κ3) is 3.91. The van der Waals surface area contributed by atoms with Crippen molar-refractivity contribution in [3.8, 4) is 5.75 Å². The maximum absolute atomic E-state index is 12.1. The van der Waals surface area contributed by atoms with E-state index in [0.717, 1.165) is 0 Å². The van der Waals surface area contributed by atoms with Crippen molar-refractivity contribution in [2.75, 3.05) is 5.32 Å². The van der Waals surface area contributed by atoms with E-state index in [9.17, 15) is 9.59 Å². The largest absolute Gasteiger partial charge is 0.479 e. The number of carbonyl (C=O) groups is 2. The van der Waals surface area contributed by atoms with Gasteiger partial charge in [0.1, 0.15) is 10.8 Å². The molecule has 2 aromatic rings. The summed E-state index contributed by atoms with van der Waals surface area (Å²) in [5.41, 5.74) is 5.48. The van der Waals surface area contributed by atoms with E-state index in [1.54, 1.807) is 30.5 Å². The highest BCUT2D eigenvalue weighted by molar-refractivity contribution is 7.14. The molecule has 0 saturated carbocycles. The van der Waals surface area contributed by atoms with Gasteiger partial charge >= 0.3 is 0 Å². The molecule has 116 valence electrons. The zero-order chi connectivity index (χ0) is 16.3. The fourth-order valence-corrected chi connectivity index (χ4v) is 2.88. The molecular formula is C14H12Cl2N2O3S. The smallest absolute Gasteiger partial charge is 0.265 e. The average molecular weight is 359 g/mol. The van der Waals surface area contributed by atoms with Crippen LogP contribution in [0.15, 0.2) is 29.6 Å². The van der Waals surface area contributed by atoms with E-state index in [-0.39, 0.29) is 5.56 Å². The zero-order valence-corrected chi connectivity index (χ0v) is 13.8. The minimum Gasteiger partial charge on any atom is -0.479 e. The first-order valence-electron chi connectivity index (χ1n) is 6.18. The Morgan fingerprint density at radius 2 is 2.05 bits per heavy atom. The topological polar surface area (TPSA) is 81.4 Å². The van der Waals surface area contributed by atoms with Crippen LogP contribution in [-0.2, 0) is 4.79 Å². The Balaban J connectivity index is 2.06. The first kappa shape index (κ1) is 16.6. The van der Waals surface area contributed by atoms with Crippen LogP contribution < -0.4 is 15.8 Å². The van der Waals surface area contributed by atoms with Crippen LogP contribution in [0.1, 0.15) is 17.3 Å². The number of nitrogens with two attached hydrogens (primary N) is 1. The van der Waals surface area contributed by atoms with Crippen molar-refractivity contribution in [2.45, 2.75) is 13.0 Å². The van der Waals surface area contributed by atoms with Gasteiger partial charge in [0, 0.05) is 5.02 Å². The Hall–Kier alpha value is -1.76.